The van der Waals surface area contributed by atoms with Crippen LogP contribution in [0.5, 0.6) is 0 Å². The van der Waals surface area contributed by atoms with Gasteiger partial charge < -0.3 is 10.4 Å². The number of rotatable bonds is 6. The van der Waals surface area contributed by atoms with Gasteiger partial charge >= 0.3 is 0 Å². The number of hydrogen-bond donors (Lipinski definition) is 2. The fourth-order valence-electron chi connectivity index (χ4n) is 1.000. The van der Waals surface area contributed by atoms with Crippen LogP contribution < -0.4 is 5.32 Å². The maximum atomic E-state index is 8.53. The van der Waals surface area contributed by atoms with E-state index in [-0.39, 0.29) is 6.61 Å². The summed E-state index contributed by atoms with van der Waals surface area (Å²) >= 11 is 0. The standard InChI is InChI=1S/C9H15N3O/c13-6-2-1-3-10-7-9-8-11-4-5-12-9/h4-5,8,10,13H,1-3,6-7H2. The minimum absolute atomic E-state index is 0.271. The maximum Gasteiger partial charge on any atom is 0.0724 e. The molecule has 0 fully saturated rings. The van der Waals surface area contributed by atoms with Crippen LogP contribution in [0.25, 0.3) is 0 Å². The van der Waals surface area contributed by atoms with Gasteiger partial charge in [0.1, 0.15) is 0 Å². The van der Waals surface area contributed by atoms with Crippen LogP contribution in [-0.4, -0.2) is 28.2 Å². The van der Waals surface area contributed by atoms with Crippen LogP contribution in [0.2, 0.25) is 0 Å². The minimum atomic E-state index is 0.271. The van der Waals surface area contributed by atoms with Crippen molar-refractivity contribution in [1.82, 2.24) is 15.3 Å². The summed E-state index contributed by atoms with van der Waals surface area (Å²) in [4.78, 5) is 8.08. The number of nitrogens with one attached hydrogen (secondary N) is 1. The molecule has 0 aliphatic heterocycles. The van der Waals surface area contributed by atoms with Gasteiger partial charge in [-0.05, 0) is 19.4 Å². The minimum Gasteiger partial charge on any atom is -0.396 e. The van der Waals surface area contributed by atoms with Crippen molar-refractivity contribution >= 4 is 0 Å². The first kappa shape index (κ1) is 10.1. The molecule has 0 saturated heterocycles. The van der Waals surface area contributed by atoms with Gasteiger partial charge in [0.15, 0.2) is 0 Å². The third-order valence-corrected chi connectivity index (χ3v) is 1.68. The molecule has 1 aromatic rings. The first-order chi connectivity index (χ1) is 6.43. The molecule has 0 amide bonds. The molecule has 0 aromatic carbocycles. The lowest BCUT2D eigenvalue weighted by molar-refractivity contribution is 0.283. The normalized spacial score (nSPS) is 10.2. The SMILES string of the molecule is OCCCCNCc1cnccn1. The van der Waals surface area contributed by atoms with Crippen LogP contribution in [-0.2, 0) is 6.54 Å². The van der Waals surface area contributed by atoms with E-state index in [1.165, 1.54) is 0 Å². The number of unbranched alkanes of at least 4 members (excludes halogenated alkanes) is 1. The zero-order chi connectivity index (χ0) is 9.36. The average molecular weight is 181 g/mol. The Labute approximate surface area is 78.0 Å². The van der Waals surface area contributed by atoms with Gasteiger partial charge in [-0.3, -0.25) is 9.97 Å². The third-order valence-electron chi connectivity index (χ3n) is 1.68. The molecule has 1 rings (SSSR count). The zero-order valence-corrected chi connectivity index (χ0v) is 7.61. The maximum absolute atomic E-state index is 8.53. The van der Waals surface area contributed by atoms with Crippen molar-refractivity contribution in [3.63, 3.8) is 0 Å². The Morgan fingerprint density at radius 2 is 2.23 bits per heavy atom. The Morgan fingerprint density at radius 1 is 1.31 bits per heavy atom. The number of aliphatic hydroxyl groups excluding tert-OH is 1. The van der Waals surface area contributed by atoms with E-state index in [4.69, 9.17) is 5.11 Å². The topological polar surface area (TPSA) is 58.0 Å². The van der Waals surface area contributed by atoms with Gasteiger partial charge in [0.05, 0.1) is 5.69 Å². The molecule has 13 heavy (non-hydrogen) atoms. The smallest absolute Gasteiger partial charge is 0.0724 e. The van der Waals surface area contributed by atoms with Gasteiger partial charge in [-0.2, -0.15) is 0 Å². The van der Waals surface area contributed by atoms with Crippen molar-refractivity contribution in [2.24, 2.45) is 0 Å². The van der Waals surface area contributed by atoms with Crippen molar-refractivity contribution in [3.05, 3.63) is 24.3 Å². The van der Waals surface area contributed by atoms with Crippen LogP contribution in [0, 0.1) is 0 Å². The lowest BCUT2D eigenvalue weighted by atomic mass is 10.3. The monoisotopic (exact) mass is 181 g/mol. The van der Waals surface area contributed by atoms with Gasteiger partial charge in [-0.1, -0.05) is 0 Å². The highest BCUT2D eigenvalue weighted by Crippen LogP contribution is 1.89. The second-order valence-electron chi connectivity index (χ2n) is 2.80. The summed E-state index contributed by atoms with van der Waals surface area (Å²) in [5.41, 5.74) is 0.950. The van der Waals surface area contributed by atoms with Crippen LogP contribution in [0.3, 0.4) is 0 Å². The number of hydrogen-bond acceptors (Lipinski definition) is 4. The predicted molar refractivity (Wildman–Crippen MR) is 50.1 cm³/mol. The Bertz CT molecular complexity index is 215. The van der Waals surface area contributed by atoms with E-state index in [9.17, 15) is 0 Å². The van der Waals surface area contributed by atoms with E-state index in [0.717, 1.165) is 31.6 Å². The van der Waals surface area contributed by atoms with Crippen molar-refractivity contribution in [2.45, 2.75) is 19.4 Å². The second kappa shape index (κ2) is 6.51. The molecule has 1 aromatic heterocycles. The second-order valence-corrected chi connectivity index (χ2v) is 2.80. The van der Waals surface area contributed by atoms with E-state index >= 15 is 0 Å². The van der Waals surface area contributed by atoms with E-state index < -0.39 is 0 Å². The summed E-state index contributed by atoms with van der Waals surface area (Å²) in [5.74, 6) is 0. The molecule has 1 heterocycles. The highest BCUT2D eigenvalue weighted by atomic mass is 16.2. The summed E-state index contributed by atoms with van der Waals surface area (Å²) in [6.07, 6.45) is 6.95. The molecule has 2 N–H and O–H groups in total. The quantitative estimate of drug-likeness (QED) is 0.621. The zero-order valence-electron chi connectivity index (χ0n) is 7.61. The molecular weight excluding hydrogens is 166 g/mol. The van der Waals surface area contributed by atoms with E-state index in [2.05, 4.69) is 15.3 Å². The van der Waals surface area contributed by atoms with E-state index in [1.54, 1.807) is 18.6 Å². The molecule has 0 saturated carbocycles. The fraction of sp³-hybridized carbons (Fsp3) is 0.556. The number of nitrogens with zero attached hydrogens (tertiary/aromatic N) is 2. The highest BCUT2D eigenvalue weighted by molar-refractivity contribution is 4.93. The van der Waals surface area contributed by atoms with Crippen molar-refractivity contribution in [3.8, 4) is 0 Å². The Balaban J connectivity index is 2.07. The van der Waals surface area contributed by atoms with Gasteiger partial charge in [0.2, 0.25) is 0 Å². The summed E-state index contributed by atoms with van der Waals surface area (Å²) in [6, 6.07) is 0. The van der Waals surface area contributed by atoms with Crippen molar-refractivity contribution < 1.29 is 5.11 Å². The van der Waals surface area contributed by atoms with Crippen LogP contribution in [0.1, 0.15) is 18.5 Å². The Kier molecular flexibility index (Phi) is 5.05. The molecule has 0 atom stereocenters. The van der Waals surface area contributed by atoms with Crippen molar-refractivity contribution in [1.29, 1.82) is 0 Å². The summed E-state index contributed by atoms with van der Waals surface area (Å²) in [7, 11) is 0. The lowest BCUT2D eigenvalue weighted by Gasteiger charge is -2.02. The van der Waals surface area contributed by atoms with Crippen molar-refractivity contribution in [2.75, 3.05) is 13.2 Å². The molecule has 4 heteroatoms. The Morgan fingerprint density at radius 3 is 2.92 bits per heavy atom. The first-order valence-corrected chi connectivity index (χ1v) is 4.50. The lowest BCUT2D eigenvalue weighted by Crippen LogP contribution is -2.15. The molecule has 0 aliphatic carbocycles. The van der Waals surface area contributed by atoms with Gasteiger partial charge in [-0.25, -0.2) is 0 Å². The molecule has 0 bridgehead atoms. The molecule has 4 nitrogen and oxygen atoms in total. The number of aromatic nitrogens is 2. The first-order valence-electron chi connectivity index (χ1n) is 4.50. The molecule has 0 spiro atoms. The largest absolute Gasteiger partial charge is 0.396 e. The average Bonchev–Trinajstić information content (AvgIpc) is 2.19. The summed E-state index contributed by atoms with van der Waals surface area (Å²) < 4.78 is 0. The van der Waals surface area contributed by atoms with Gasteiger partial charge in [0.25, 0.3) is 0 Å². The third kappa shape index (κ3) is 4.55. The molecule has 0 aliphatic rings. The summed E-state index contributed by atoms with van der Waals surface area (Å²) in [6.45, 7) is 1.93. The highest BCUT2D eigenvalue weighted by Gasteiger charge is 1.92. The van der Waals surface area contributed by atoms with Crippen LogP contribution in [0.15, 0.2) is 18.6 Å². The van der Waals surface area contributed by atoms with E-state index in [1.807, 2.05) is 0 Å². The molecule has 0 radical (unpaired) electrons. The van der Waals surface area contributed by atoms with Gasteiger partial charge in [-0.15, -0.1) is 0 Å². The molecule has 72 valence electrons. The van der Waals surface area contributed by atoms with Crippen LogP contribution >= 0.6 is 0 Å². The Hall–Kier alpha value is -1.00. The number of aliphatic hydroxyl groups is 1. The molecular formula is C9H15N3O. The molecule has 0 unspecified atom stereocenters. The van der Waals surface area contributed by atoms with Gasteiger partial charge in [0, 0.05) is 31.7 Å². The van der Waals surface area contributed by atoms with E-state index in [0.29, 0.717) is 0 Å². The summed E-state index contributed by atoms with van der Waals surface area (Å²) in [5, 5.41) is 11.8. The van der Waals surface area contributed by atoms with Crippen LogP contribution in [0.4, 0.5) is 0 Å². The predicted octanol–water partition coefficient (Wildman–Crippen LogP) is 0.339. The fourth-order valence-corrected chi connectivity index (χ4v) is 1.000.